The Morgan fingerprint density at radius 1 is 1.19 bits per heavy atom. The molecule has 7 nitrogen and oxygen atoms in total. The molecule has 0 aliphatic carbocycles. The van der Waals surface area contributed by atoms with E-state index in [4.69, 9.17) is 5.14 Å². The number of carbonyl (C=O) groups is 1. The minimum Gasteiger partial charge on any atom is -0.343 e. The zero-order valence-corrected chi connectivity index (χ0v) is 17.7. The summed E-state index contributed by atoms with van der Waals surface area (Å²) in [5.41, 5.74) is -0.480. The molecule has 0 radical (unpaired) electrons. The first-order valence-electron chi connectivity index (χ1n) is 9.99. The van der Waals surface area contributed by atoms with E-state index in [2.05, 4.69) is 4.98 Å². The second kappa shape index (κ2) is 9.39. The summed E-state index contributed by atoms with van der Waals surface area (Å²) in [6, 6.07) is 5.50. The Balaban J connectivity index is 1.61. The Bertz CT molecular complexity index is 1010. The first-order chi connectivity index (χ1) is 14.5. The van der Waals surface area contributed by atoms with Crippen molar-refractivity contribution in [1.29, 1.82) is 0 Å². The fourth-order valence-electron chi connectivity index (χ4n) is 3.90. The quantitative estimate of drug-likeness (QED) is 0.690. The zero-order chi connectivity index (χ0) is 22.6. The van der Waals surface area contributed by atoms with E-state index < -0.39 is 21.8 Å². The highest BCUT2D eigenvalue weighted by atomic mass is 32.2. The molecule has 0 spiro atoms. The third-order valence-corrected chi connectivity index (χ3v) is 6.30. The predicted molar refractivity (Wildman–Crippen MR) is 109 cm³/mol. The van der Waals surface area contributed by atoms with Crippen LogP contribution in [0.2, 0.25) is 0 Å². The van der Waals surface area contributed by atoms with Gasteiger partial charge in [0.2, 0.25) is 15.9 Å². The van der Waals surface area contributed by atoms with Crippen LogP contribution in [0, 0.1) is 0 Å². The van der Waals surface area contributed by atoms with Crippen molar-refractivity contribution < 1.29 is 26.4 Å². The highest BCUT2D eigenvalue weighted by molar-refractivity contribution is 7.89. The van der Waals surface area contributed by atoms with Gasteiger partial charge in [-0.3, -0.25) is 4.79 Å². The van der Waals surface area contributed by atoms with E-state index in [-0.39, 0.29) is 42.5 Å². The molecule has 1 fully saturated rings. The van der Waals surface area contributed by atoms with E-state index in [1.165, 1.54) is 12.1 Å². The van der Waals surface area contributed by atoms with Gasteiger partial charge < -0.3 is 9.47 Å². The van der Waals surface area contributed by atoms with Crippen molar-refractivity contribution >= 4 is 15.9 Å². The number of nitrogens with zero attached hydrogens (tertiary/aromatic N) is 3. The van der Waals surface area contributed by atoms with Crippen molar-refractivity contribution in [3.8, 4) is 0 Å². The summed E-state index contributed by atoms with van der Waals surface area (Å²) in [5.74, 6) is 0.385. The van der Waals surface area contributed by atoms with Gasteiger partial charge in [0.05, 0.1) is 11.3 Å². The number of aromatic nitrogens is 2. The Morgan fingerprint density at radius 2 is 1.87 bits per heavy atom. The predicted octanol–water partition coefficient (Wildman–Crippen LogP) is 2.72. The lowest BCUT2D eigenvalue weighted by molar-refractivity contribution is -0.138. The van der Waals surface area contributed by atoms with Gasteiger partial charge in [0.15, 0.2) is 0 Å². The van der Waals surface area contributed by atoms with Gasteiger partial charge in [-0.2, -0.15) is 13.2 Å². The maximum Gasteiger partial charge on any atom is 0.416 e. The molecule has 1 aliphatic rings. The molecule has 1 saturated heterocycles. The maximum atomic E-state index is 13.3. The van der Waals surface area contributed by atoms with Crippen LogP contribution in [-0.2, 0) is 27.5 Å². The van der Waals surface area contributed by atoms with E-state index >= 15 is 0 Å². The number of imidazole rings is 1. The van der Waals surface area contributed by atoms with E-state index in [0.29, 0.717) is 31.8 Å². The van der Waals surface area contributed by atoms with Crippen molar-refractivity contribution in [3.63, 3.8) is 0 Å². The molecular weight excluding hydrogens is 433 g/mol. The summed E-state index contributed by atoms with van der Waals surface area (Å²) >= 11 is 0. The molecule has 1 amide bonds. The maximum absolute atomic E-state index is 13.3. The Labute approximate surface area is 179 Å². The molecule has 11 heteroatoms. The summed E-state index contributed by atoms with van der Waals surface area (Å²) in [7, 11) is -3.58. The summed E-state index contributed by atoms with van der Waals surface area (Å²) in [6.45, 7) is 1.05. The number of alkyl halides is 3. The molecule has 3 rings (SSSR count). The van der Waals surface area contributed by atoms with Crippen LogP contribution >= 0.6 is 0 Å². The summed E-state index contributed by atoms with van der Waals surface area (Å²) in [5, 5.41) is 4.95. The van der Waals surface area contributed by atoms with Crippen molar-refractivity contribution in [2.75, 3.05) is 18.8 Å². The van der Waals surface area contributed by atoms with Crippen molar-refractivity contribution in [2.24, 2.45) is 5.14 Å². The number of amides is 1. The summed E-state index contributed by atoms with van der Waals surface area (Å²) in [6.07, 6.45) is 0.401. The van der Waals surface area contributed by atoms with Gasteiger partial charge >= 0.3 is 6.18 Å². The van der Waals surface area contributed by atoms with Crippen LogP contribution in [0.5, 0.6) is 0 Å². The van der Waals surface area contributed by atoms with E-state index in [0.717, 1.165) is 6.07 Å². The van der Waals surface area contributed by atoms with Crippen molar-refractivity contribution in [2.45, 2.75) is 44.3 Å². The van der Waals surface area contributed by atoms with Crippen LogP contribution in [0.1, 0.15) is 48.6 Å². The zero-order valence-electron chi connectivity index (χ0n) is 16.9. The number of hydrogen-bond acceptors (Lipinski definition) is 4. The van der Waals surface area contributed by atoms with Crippen LogP contribution in [0.3, 0.4) is 0 Å². The Hall–Kier alpha value is -2.40. The molecule has 31 heavy (non-hydrogen) atoms. The molecule has 2 aromatic rings. The average Bonchev–Trinajstić information content (AvgIpc) is 3.15. The smallest absolute Gasteiger partial charge is 0.343 e. The van der Waals surface area contributed by atoms with Crippen LogP contribution in [-0.4, -0.2) is 47.6 Å². The van der Waals surface area contributed by atoms with Gasteiger partial charge in [0, 0.05) is 44.4 Å². The lowest BCUT2D eigenvalue weighted by Crippen LogP contribution is -2.38. The largest absolute Gasteiger partial charge is 0.416 e. The lowest BCUT2D eigenvalue weighted by Gasteiger charge is -2.32. The number of halogens is 3. The molecule has 0 atom stereocenters. The van der Waals surface area contributed by atoms with Crippen molar-refractivity contribution in [1.82, 2.24) is 14.5 Å². The molecule has 0 bridgehead atoms. The van der Waals surface area contributed by atoms with Gasteiger partial charge in [-0.25, -0.2) is 18.5 Å². The first kappa shape index (κ1) is 23.3. The number of likely N-dealkylation sites (tertiary alicyclic amines) is 1. The number of hydrogen-bond donors (Lipinski definition) is 1. The van der Waals surface area contributed by atoms with Crippen molar-refractivity contribution in [3.05, 3.63) is 53.6 Å². The van der Waals surface area contributed by atoms with Gasteiger partial charge in [-0.1, -0.05) is 18.2 Å². The lowest BCUT2D eigenvalue weighted by atomic mass is 9.95. The SMILES string of the molecule is NS(=O)(=O)CCCC(=O)N1CCC(c2nccn2Cc2ccccc2C(F)(F)F)CC1. The van der Waals surface area contributed by atoms with Crippen LogP contribution in [0.25, 0.3) is 0 Å². The Kier molecular flexibility index (Phi) is 7.05. The molecule has 170 valence electrons. The number of rotatable bonds is 7. The topological polar surface area (TPSA) is 98.3 Å². The Morgan fingerprint density at radius 3 is 2.52 bits per heavy atom. The minimum atomic E-state index is -4.42. The molecule has 0 saturated carbocycles. The summed E-state index contributed by atoms with van der Waals surface area (Å²) in [4.78, 5) is 18.3. The summed E-state index contributed by atoms with van der Waals surface area (Å²) < 4.78 is 63.6. The average molecular weight is 459 g/mol. The molecule has 1 aromatic carbocycles. The van der Waals surface area contributed by atoms with E-state index in [1.807, 2.05) is 0 Å². The van der Waals surface area contributed by atoms with Crippen LogP contribution in [0.4, 0.5) is 13.2 Å². The monoisotopic (exact) mass is 458 g/mol. The molecule has 2 N–H and O–H groups in total. The number of sulfonamides is 1. The number of carbonyl (C=O) groups excluding carboxylic acids is 1. The highest BCUT2D eigenvalue weighted by Crippen LogP contribution is 2.33. The van der Waals surface area contributed by atoms with Crippen LogP contribution < -0.4 is 5.14 Å². The number of piperidine rings is 1. The third-order valence-electron chi connectivity index (χ3n) is 5.44. The second-order valence-corrected chi connectivity index (χ2v) is 9.43. The fourth-order valence-corrected chi connectivity index (χ4v) is 4.45. The molecule has 2 heterocycles. The normalized spacial score (nSPS) is 15.9. The molecule has 0 unspecified atom stereocenters. The van der Waals surface area contributed by atoms with E-state index in [1.54, 1.807) is 27.9 Å². The standard InChI is InChI=1S/C20H25F3N4O3S/c21-20(22,23)17-5-2-1-4-16(17)14-27-12-9-25-19(27)15-7-10-26(11-8-15)18(28)6-3-13-31(24,29)30/h1-2,4-5,9,12,15H,3,6-8,10-11,13-14H2,(H2,24,29,30). The van der Waals surface area contributed by atoms with Gasteiger partial charge in [-0.05, 0) is 30.9 Å². The molecule has 1 aromatic heterocycles. The second-order valence-electron chi connectivity index (χ2n) is 7.69. The highest BCUT2D eigenvalue weighted by Gasteiger charge is 2.33. The third kappa shape index (κ3) is 6.30. The van der Waals surface area contributed by atoms with Crippen LogP contribution in [0.15, 0.2) is 36.7 Å². The van der Waals surface area contributed by atoms with Gasteiger partial charge in [0.1, 0.15) is 5.82 Å². The number of nitrogens with two attached hydrogens (primary N) is 1. The van der Waals surface area contributed by atoms with Gasteiger partial charge in [-0.15, -0.1) is 0 Å². The first-order valence-corrected chi connectivity index (χ1v) is 11.7. The fraction of sp³-hybridized carbons (Fsp3) is 0.500. The number of benzene rings is 1. The molecular formula is C20H25F3N4O3S. The number of primary sulfonamides is 1. The molecule has 1 aliphatic heterocycles. The van der Waals surface area contributed by atoms with E-state index in [9.17, 15) is 26.4 Å². The minimum absolute atomic E-state index is 0.0292. The van der Waals surface area contributed by atoms with Gasteiger partial charge in [0.25, 0.3) is 0 Å².